The van der Waals surface area contributed by atoms with E-state index >= 15 is 0 Å². The number of nitrogens with one attached hydrogen (secondary N) is 1. The van der Waals surface area contributed by atoms with Crippen LogP contribution in [-0.4, -0.2) is 22.9 Å². The van der Waals surface area contributed by atoms with Crippen LogP contribution in [0.2, 0.25) is 0 Å². The van der Waals surface area contributed by atoms with Crippen LogP contribution in [0.3, 0.4) is 0 Å². The molecule has 1 N–H and O–H groups in total. The van der Waals surface area contributed by atoms with Crippen molar-refractivity contribution < 1.29 is 9.53 Å². The molecular weight excluding hydrogens is 278 g/mol. The van der Waals surface area contributed by atoms with E-state index in [2.05, 4.69) is 10.4 Å². The summed E-state index contributed by atoms with van der Waals surface area (Å²) in [5, 5.41) is 7.96. The third-order valence-electron chi connectivity index (χ3n) is 3.51. The van der Waals surface area contributed by atoms with Crippen molar-refractivity contribution in [2.45, 2.75) is 13.8 Å². The average molecular weight is 295 g/mol. The van der Waals surface area contributed by atoms with Gasteiger partial charge in [0, 0.05) is 5.39 Å². The van der Waals surface area contributed by atoms with Gasteiger partial charge in [-0.25, -0.2) is 4.79 Å². The first kappa shape index (κ1) is 14.1. The molecule has 0 radical (unpaired) electrons. The Hall–Kier alpha value is -2.82. The van der Waals surface area contributed by atoms with Crippen LogP contribution in [0.4, 0.5) is 10.5 Å². The maximum Gasteiger partial charge on any atom is 0.347 e. The number of benzene rings is 2. The number of hydrogen-bond donors (Lipinski definition) is 1. The lowest BCUT2D eigenvalue weighted by Crippen LogP contribution is -2.20. The second-order valence-corrected chi connectivity index (χ2v) is 5.25. The molecule has 0 saturated carbocycles. The van der Waals surface area contributed by atoms with Gasteiger partial charge < -0.3 is 10.1 Å². The largest absolute Gasteiger partial charge is 0.495 e. The van der Waals surface area contributed by atoms with Crippen LogP contribution in [-0.2, 0) is 0 Å². The van der Waals surface area contributed by atoms with Gasteiger partial charge in [-0.3, -0.25) is 0 Å². The summed E-state index contributed by atoms with van der Waals surface area (Å²) in [5.74, 6) is 0.617. The molecule has 3 aromatic rings. The molecule has 0 atom stereocenters. The highest BCUT2D eigenvalue weighted by Crippen LogP contribution is 2.25. The monoisotopic (exact) mass is 295 g/mol. The van der Waals surface area contributed by atoms with Crippen molar-refractivity contribution in [2.75, 3.05) is 12.4 Å². The number of aryl methyl sites for hydroxylation is 2. The number of anilines is 1. The van der Waals surface area contributed by atoms with E-state index in [1.165, 1.54) is 4.68 Å². The van der Waals surface area contributed by atoms with Crippen molar-refractivity contribution in [3.8, 4) is 5.75 Å². The van der Waals surface area contributed by atoms with Gasteiger partial charge in [0.2, 0.25) is 0 Å². The van der Waals surface area contributed by atoms with E-state index in [0.29, 0.717) is 11.4 Å². The lowest BCUT2D eigenvalue weighted by atomic mass is 10.2. The number of methoxy groups -OCH3 is 1. The molecule has 1 amide bonds. The van der Waals surface area contributed by atoms with Crippen LogP contribution in [0.5, 0.6) is 5.75 Å². The Bertz CT molecular complexity index is 852. The summed E-state index contributed by atoms with van der Waals surface area (Å²) in [6, 6.07) is 11.2. The molecule has 0 spiro atoms. The summed E-state index contributed by atoms with van der Waals surface area (Å²) < 4.78 is 6.64. The second-order valence-electron chi connectivity index (χ2n) is 5.25. The number of nitrogens with zero attached hydrogens (tertiary/aromatic N) is 2. The number of carbonyl (C=O) groups is 1. The first-order chi connectivity index (χ1) is 10.6. The summed E-state index contributed by atoms with van der Waals surface area (Å²) in [6.45, 7) is 3.97. The lowest BCUT2D eigenvalue weighted by Gasteiger charge is -2.11. The number of carbonyl (C=O) groups excluding carboxylic acids is 1. The molecule has 22 heavy (non-hydrogen) atoms. The van der Waals surface area contributed by atoms with Gasteiger partial charge in [0.05, 0.1) is 24.5 Å². The fourth-order valence-corrected chi connectivity index (χ4v) is 2.40. The number of aromatic nitrogens is 2. The molecule has 3 rings (SSSR count). The third-order valence-corrected chi connectivity index (χ3v) is 3.51. The zero-order valence-electron chi connectivity index (χ0n) is 12.8. The minimum atomic E-state index is -0.317. The van der Waals surface area contributed by atoms with Crippen molar-refractivity contribution >= 4 is 22.6 Å². The molecule has 0 fully saturated rings. The summed E-state index contributed by atoms with van der Waals surface area (Å²) in [6.07, 6.45) is 1.69. The number of amides is 1. The normalized spacial score (nSPS) is 10.7. The Morgan fingerprint density at radius 1 is 1.14 bits per heavy atom. The van der Waals surface area contributed by atoms with E-state index in [1.54, 1.807) is 13.3 Å². The average Bonchev–Trinajstić information content (AvgIpc) is 2.90. The summed E-state index contributed by atoms with van der Waals surface area (Å²) in [4.78, 5) is 12.5. The molecule has 0 bridgehead atoms. The van der Waals surface area contributed by atoms with Crippen molar-refractivity contribution in [3.05, 3.63) is 53.7 Å². The molecule has 5 nitrogen and oxygen atoms in total. The minimum Gasteiger partial charge on any atom is -0.495 e. The topological polar surface area (TPSA) is 56.1 Å². The van der Waals surface area contributed by atoms with Gasteiger partial charge >= 0.3 is 6.03 Å². The Morgan fingerprint density at radius 2 is 1.86 bits per heavy atom. The third kappa shape index (κ3) is 2.53. The zero-order valence-corrected chi connectivity index (χ0v) is 12.8. The van der Waals surface area contributed by atoms with Gasteiger partial charge in [0.1, 0.15) is 5.75 Å². The van der Waals surface area contributed by atoms with Gasteiger partial charge in [-0.2, -0.15) is 9.78 Å². The number of ether oxygens (including phenoxy) is 1. The number of rotatable bonds is 2. The molecule has 0 unspecified atom stereocenters. The Labute approximate surface area is 128 Å². The smallest absolute Gasteiger partial charge is 0.347 e. The maximum absolute atomic E-state index is 12.5. The fraction of sp³-hybridized carbons (Fsp3) is 0.176. The van der Waals surface area contributed by atoms with Gasteiger partial charge in [0.15, 0.2) is 0 Å². The second kappa shape index (κ2) is 5.52. The molecule has 2 aromatic carbocycles. The predicted molar refractivity (Wildman–Crippen MR) is 86.6 cm³/mol. The molecule has 5 heteroatoms. The molecular formula is C17H17N3O2. The molecule has 112 valence electrons. The van der Waals surface area contributed by atoms with E-state index < -0.39 is 0 Å². The first-order valence-corrected chi connectivity index (χ1v) is 6.99. The Morgan fingerprint density at radius 3 is 2.64 bits per heavy atom. The van der Waals surface area contributed by atoms with Crippen LogP contribution < -0.4 is 10.1 Å². The van der Waals surface area contributed by atoms with Gasteiger partial charge in [0.25, 0.3) is 0 Å². The molecule has 1 aromatic heterocycles. The highest BCUT2D eigenvalue weighted by Gasteiger charge is 2.13. The maximum atomic E-state index is 12.5. The number of fused-ring (bicyclic) bond motifs is 1. The van der Waals surface area contributed by atoms with Crippen LogP contribution >= 0.6 is 0 Å². The highest BCUT2D eigenvalue weighted by molar-refractivity contribution is 5.98. The zero-order chi connectivity index (χ0) is 15.7. The van der Waals surface area contributed by atoms with E-state index in [1.807, 2.05) is 50.2 Å². The number of hydrogen-bond acceptors (Lipinski definition) is 3. The van der Waals surface area contributed by atoms with Crippen LogP contribution in [0.15, 0.2) is 42.6 Å². The Kier molecular flexibility index (Phi) is 3.55. The van der Waals surface area contributed by atoms with Gasteiger partial charge in [-0.1, -0.05) is 17.7 Å². The standard InChI is InChI=1S/C17H17N3O2/c1-11-4-6-15-13(8-11)10-18-20(15)17(21)19-14-9-12(2)5-7-16(14)22-3/h4-10H,1-3H3,(H,19,21). The van der Waals surface area contributed by atoms with E-state index in [9.17, 15) is 4.79 Å². The van der Waals surface area contributed by atoms with Gasteiger partial charge in [-0.15, -0.1) is 0 Å². The minimum absolute atomic E-state index is 0.317. The van der Waals surface area contributed by atoms with Gasteiger partial charge in [-0.05, 0) is 43.7 Å². The molecule has 0 saturated heterocycles. The van der Waals surface area contributed by atoms with E-state index in [0.717, 1.165) is 22.0 Å². The molecule has 0 aliphatic heterocycles. The lowest BCUT2D eigenvalue weighted by molar-refractivity contribution is 0.251. The van der Waals surface area contributed by atoms with Crippen LogP contribution in [0, 0.1) is 13.8 Å². The molecule has 0 aliphatic rings. The summed E-state index contributed by atoms with van der Waals surface area (Å²) in [7, 11) is 1.58. The summed E-state index contributed by atoms with van der Waals surface area (Å²) >= 11 is 0. The van der Waals surface area contributed by atoms with Crippen molar-refractivity contribution in [3.63, 3.8) is 0 Å². The molecule has 0 aliphatic carbocycles. The first-order valence-electron chi connectivity index (χ1n) is 6.99. The molecule has 1 heterocycles. The summed E-state index contributed by atoms with van der Waals surface area (Å²) in [5.41, 5.74) is 3.57. The highest BCUT2D eigenvalue weighted by atomic mass is 16.5. The van der Waals surface area contributed by atoms with Crippen molar-refractivity contribution in [2.24, 2.45) is 0 Å². The fourth-order valence-electron chi connectivity index (χ4n) is 2.40. The van der Waals surface area contributed by atoms with E-state index in [4.69, 9.17) is 4.74 Å². The van der Waals surface area contributed by atoms with Crippen LogP contribution in [0.1, 0.15) is 11.1 Å². The van der Waals surface area contributed by atoms with Crippen LogP contribution in [0.25, 0.3) is 10.9 Å². The van der Waals surface area contributed by atoms with Crippen molar-refractivity contribution in [1.82, 2.24) is 9.78 Å². The predicted octanol–water partition coefficient (Wildman–Crippen LogP) is 3.74. The van der Waals surface area contributed by atoms with Crippen molar-refractivity contribution in [1.29, 1.82) is 0 Å². The Balaban J connectivity index is 1.95. The quantitative estimate of drug-likeness (QED) is 0.783. The van der Waals surface area contributed by atoms with E-state index in [-0.39, 0.29) is 6.03 Å². The SMILES string of the molecule is COc1ccc(C)cc1NC(=O)n1ncc2cc(C)ccc21.